The highest BCUT2D eigenvalue weighted by molar-refractivity contribution is 14.1. The largest absolute Gasteiger partial charge is 0.486 e. The molecule has 1 spiro atoms. The molecule has 0 radical (unpaired) electrons. The summed E-state index contributed by atoms with van der Waals surface area (Å²) in [5.41, 5.74) is 0.525. The van der Waals surface area contributed by atoms with E-state index in [1.807, 2.05) is 18.2 Å². The van der Waals surface area contributed by atoms with Gasteiger partial charge >= 0.3 is 0 Å². The molecular weight excluding hydrogens is 365 g/mol. The number of hydrogen-bond acceptors (Lipinski definition) is 3. The van der Waals surface area contributed by atoms with Crippen LogP contribution >= 0.6 is 35.0 Å². The average Bonchev–Trinajstić information content (AvgIpc) is 2.29. The lowest BCUT2D eigenvalue weighted by molar-refractivity contribution is 0.0186. The number of carbonyl (C=O) groups excluding carboxylic acids is 1. The summed E-state index contributed by atoms with van der Waals surface area (Å²) in [4.78, 5) is 12.3. The van der Waals surface area contributed by atoms with Gasteiger partial charge in [0.25, 0.3) is 0 Å². The van der Waals surface area contributed by atoms with Crippen molar-refractivity contribution in [2.45, 2.75) is 24.9 Å². The van der Waals surface area contributed by atoms with Crippen LogP contribution in [0.1, 0.15) is 29.6 Å². The fraction of sp³-hybridized carbons (Fsp3) is 0.462. The third-order valence-electron chi connectivity index (χ3n) is 3.58. The molecule has 0 unspecified atom stereocenters. The number of ketones is 1. The summed E-state index contributed by atoms with van der Waals surface area (Å²) >= 11 is 2.20. The van der Waals surface area contributed by atoms with Gasteiger partial charge in [-0.05, 0) is 47.8 Å². The predicted molar refractivity (Wildman–Crippen MR) is 80.8 cm³/mol. The summed E-state index contributed by atoms with van der Waals surface area (Å²) in [6.45, 7) is 1.87. The second-order valence-electron chi connectivity index (χ2n) is 4.75. The van der Waals surface area contributed by atoms with E-state index in [9.17, 15) is 4.79 Å². The Morgan fingerprint density at radius 1 is 1.28 bits per heavy atom. The van der Waals surface area contributed by atoms with Crippen molar-refractivity contribution in [3.05, 3.63) is 27.3 Å². The molecule has 0 atom stereocenters. The van der Waals surface area contributed by atoms with Crippen molar-refractivity contribution >= 4 is 40.8 Å². The standard InChI is InChI=1S/C13H14INO2.ClH/c14-9-2-1-3-11-12(9)10(16)8-13(17-11)4-6-15-7-5-13;/h1-3,15H,4-8H2;1H. The molecule has 2 aliphatic heterocycles. The van der Waals surface area contributed by atoms with Crippen LogP contribution in [-0.4, -0.2) is 24.5 Å². The normalized spacial score (nSPS) is 20.8. The molecule has 2 heterocycles. The molecule has 0 saturated carbocycles. The van der Waals surface area contributed by atoms with Crippen LogP contribution in [0.4, 0.5) is 0 Å². The number of ether oxygens (including phenoxy) is 1. The lowest BCUT2D eigenvalue weighted by Crippen LogP contribution is -2.49. The van der Waals surface area contributed by atoms with Crippen molar-refractivity contribution in [2.75, 3.05) is 13.1 Å². The monoisotopic (exact) mass is 379 g/mol. The Morgan fingerprint density at radius 3 is 2.72 bits per heavy atom. The minimum absolute atomic E-state index is 0. The molecule has 0 aromatic heterocycles. The van der Waals surface area contributed by atoms with Crippen molar-refractivity contribution in [3.63, 3.8) is 0 Å². The van der Waals surface area contributed by atoms with Gasteiger partial charge in [0.2, 0.25) is 0 Å². The summed E-state index contributed by atoms with van der Waals surface area (Å²) in [6.07, 6.45) is 2.37. The number of halogens is 2. The van der Waals surface area contributed by atoms with Crippen LogP contribution in [0.25, 0.3) is 0 Å². The molecule has 1 aromatic rings. The van der Waals surface area contributed by atoms with E-state index in [1.54, 1.807) is 0 Å². The molecule has 0 amide bonds. The van der Waals surface area contributed by atoms with Gasteiger partial charge in [0.1, 0.15) is 11.4 Å². The number of hydrogen-bond donors (Lipinski definition) is 1. The SMILES string of the molecule is Cl.O=C1CC2(CCNCC2)Oc2cccc(I)c21. The quantitative estimate of drug-likeness (QED) is 0.705. The van der Waals surface area contributed by atoms with E-state index < -0.39 is 0 Å². The van der Waals surface area contributed by atoms with Crippen molar-refractivity contribution in [2.24, 2.45) is 0 Å². The van der Waals surface area contributed by atoms with Gasteiger partial charge < -0.3 is 10.1 Å². The number of carbonyl (C=O) groups is 1. The van der Waals surface area contributed by atoms with Gasteiger partial charge in [0, 0.05) is 16.4 Å². The van der Waals surface area contributed by atoms with Gasteiger partial charge in [-0.3, -0.25) is 4.79 Å². The van der Waals surface area contributed by atoms with E-state index in [-0.39, 0.29) is 23.8 Å². The molecule has 1 saturated heterocycles. The maximum Gasteiger partial charge on any atom is 0.171 e. The number of fused-ring (bicyclic) bond motifs is 1. The molecule has 3 rings (SSSR count). The molecule has 1 fully saturated rings. The second-order valence-corrected chi connectivity index (χ2v) is 5.91. The highest BCUT2D eigenvalue weighted by Crippen LogP contribution is 2.39. The highest BCUT2D eigenvalue weighted by atomic mass is 127. The third kappa shape index (κ3) is 2.38. The van der Waals surface area contributed by atoms with E-state index in [2.05, 4.69) is 27.9 Å². The predicted octanol–water partition coefficient (Wildman–Crippen LogP) is 2.80. The molecule has 5 heteroatoms. The van der Waals surface area contributed by atoms with Gasteiger partial charge in [-0.15, -0.1) is 12.4 Å². The van der Waals surface area contributed by atoms with Gasteiger partial charge in [-0.2, -0.15) is 0 Å². The van der Waals surface area contributed by atoms with Crippen LogP contribution in [0.3, 0.4) is 0 Å². The Balaban J connectivity index is 0.00000120. The summed E-state index contributed by atoms with van der Waals surface area (Å²) < 4.78 is 7.14. The molecule has 3 nitrogen and oxygen atoms in total. The van der Waals surface area contributed by atoms with E-state index in [0.29, 0.717) is 6.42 Å². The van der Waals surface area contributed by atoms with Crippen LogP contribution in [0.5, 0.6) is 5.75 Å². The molecular formula is C13H15ClINO2. The highest BCUT2D eigenvalue weighted by Gasteiger charge is 2.41. The summed E-state index contributed by atoms with van der Waals surface area (Å²) in [5, 5.41) is 3.31. The number of piperidine rings is 1. The first-order valence-corrected chi connectivity index (χ1v) is 7.00. The number of Topliss-reactive ketones (excluding diaryl/α,β-unsaturated/α-hetero) is 1. The minimum Gasteiger partial charge on any atom is -0.486 e. The van der Waals surface area contributed by atoms with Crippen LogP contribution in [0.15, 0.2) is 18.2 Å². The van der Waals surface area contributed by atoms with Crippen LogP contribution in [-0.2, 0) is 0 Å². The van der Waals surface area contributed by atoms with Crippen molar-refractivity contribution in [3.8, 4) is 5.75 Å². The van der Waals surface area contributed by atoms with E-state index in [0.717, 1.165) is 40.8 Å². The zero-order valence-corrected chi connectivity index (χ0v) is 12.8. The maximum atomic E-state index is 12.3. The lowest BCUT2D eigenvalue weighted by atomic mass is 9.83. The van der Waals surface area contributed by atoms with E-state index >= 15 is 0 Å². The van der Waals surface area contributed by atoms with Gasteiger partial charge in [-0.1, -0.05) is 6.07 Å². The number of rotatable bonds is 0. The number of nitrogens with one attached hydrogen (secondary N) is 1. The summed E-state index contributed by atoms with van der Waals surface area (Å²) in [6, 6.07) is 5.83. The average molecular weight is 380 g/mol. The van der Waals surface area contributed by atoms with E-state index in [4.69, 9.17) is 4.74 Å². The minimum atomic E-state index is -0.250. The fourth-order valence-electron chi connectivity index (χ4n) is 2.67. The second kappa shape index (κ2) is 5.35. The first kappa shape index (κ1) is 14.1. The first-order chi connectivity index (χ1) is 8.20. The zero-order chi connectivity index (χ0) is 11.9. The zero-order valence-electron chi connectivity index (χ0n) is 9.87. The Hall–Kier alpha value is -0.330. The maximum absolute atomic E-state index is 12.3. The fourth-order valence-corrected chi connectivity index (χ4v) is 3.45. The Morgan fingerprint density at radius 2 is 2.00 bits per heavy atom. The Labute approximate surface area is 126 Å². The topological polar surface area (TPSA) is 38.3 Å². The van der Waals surface area contributed by atoms with Crippen LogP contribution in [0, 0.1) is 3.57 Å². The first-order valence-electron chi connectivity index (χ1n) is 5.92. The molecule has 1 N–H and O–H groups in total. The number of benzene rings is 1. The van der Waals surface area contributed by atoms with Crippen molar-refractivity contribution in [1.82, 2.24) is 5.32 Å². The molecule has 18 heavy (non-hydrogen) atoms. The van der Waals surface area contributed by atoms with Gasteiger partial charge in [-0.25, -0.2) is 0 Å². The lowest BCUT2D eigenvalue weighted by Gasteiger charge is -2.41. The summed E-state index contributed by atoms with van der Waals surface area (Å²) in [7, 11) is 0. The van der Waals surface area contributed by atoms with Crippen molar-refractivity contribution < 1.29 is 9.53 Å². The molecule has 2 aliphatic rings. The van der Waals surface area contributed by atoms with Crippen molar-refractivity contribution in [1.29, 1.82) is 0 Å². The molecule has 1 aromatic carbocycles. The molecule has 98 valence electrons. The van der Waals surface area contributed by atoms with Gasteiger partial charge in [0.15, 0.2) is 5.78 Å². The van der Waals surface area contributed by atoms with Crippen LogP contribution in [0.2, 0.25) is 0 Å². The third-order valence-corrected chi connectivity index (χ3v) is 4.48. The van der Waals surface area contributed by atoms with Gasteiger partial charge in [0.05, 0.1) is 12.0 Å². The van der Waals surface area contributed by atoms with Crippen LogP contribution < -0.4 is 10.1 Å². The molecule has 0 bridgehead atoms. The Bertz CT molecular complexity index is 472. The van der Waals surface area contributed by atoms with E-state index in [1.165, 1.54) is 0 Å². The smallest absolute Gasteiger partial charge is 0.171 e. The molecule has 0 aliphatic carbocycles. The summed E-state index contributed by atoms with van der Waals surface area (Å²) in [5.74, 6) is 1.01. The Kier molecular flexibility index (Phi) is 4.18.